The number of allylic oxidation sites excluding steroid dienone is 1. The molecule has 1 aromatic rings. The molecule has 1 N–H and O–H groups in total. The summed E-state index contributed by atoms with van der Waals surface area (Å²) in [5.74, 6) is 0.339. The fourth-order valence-corrected chi connectivity index (χ4v) is 2.70. The molecule has 0 radical (unpaired) electrons. The van der Waals surface area contributed by atoms with E-state index >= 15 is 0 Å². The Labute approximate surface area is 120 Å². The fraction of sp³-hybridized carbons (Fsp3) is 0.471. The quantitative estimate of drug-likeness (QED) is 0.673. The molecule has 0 aromatic heterocycles. The van der Waals surface area contributed by atoms with Crippen LogP contribution >= 0.6 is 0 Å². The van der Waals surface area contributed by atoms with Crippen LogP contribution in [-0.4, -0.2) is 22.5 Å². The Morgan fingerprint density at radius 2 is 2.30 bits per heavy atom. The van der Waals surface area contributed by atoms with E-state index in [1.165, 1.54) is 5.56 Å². The molecule has 0 saturated heterocycles. The van der Waals surface area contributed by atoms with E-state index in [4.69, 9.17) is 0 Å². The molecule has 1 heterocycles. The Bertz CT molecular complexity index is 508. The SMILES string of the molecule is CCCCC=CC(=O)N1CCc2ccc(O)cc2C1C. The van der Waals surface area contributed by atoms with E-state index in [-0.39, 0.29) is 17.7 Å². The molecule has 0 spiro atoms. The third-order valence-corrected chi connectivity index (χ3v) is 3.94. The van der Waals surface area contributed by atoms with Crippen molar-refractivity contribution < 1.29 is 9.90 Å². The third kappa shape index (κ3) is 3.21. The van der Waals surface area contributed by atoms with Gasteiger partial charge >= 0.3 is 0 Å². The molecule has 2 rings (SSSR count). The van der Waals surface area contributed by atoms with Crippen LogP contribution in [0.15, 0.2) is 30.4 Å². The molecule has 1 aromatic carbocycles. The molecule has 1 amide bonds. The Morgan fingerprint density at radius 1 is 1.50 bits per heavy atom. The molecule has 108 valence electrons. The second-order valence-corrected chi connectivity index (χ2v) is 5.39. The maximum atomic E-state index is 12.2. The number of phenols is 1. The first-order valence-electron chi connectivity index (χ1n) is 7.42. The van der Waals surface area contributed by atoms with Crippen LogP contribution in [0.3, 0.4) is 0 Å². The van der Waals surface area contributed by atoms with Gasteiger partial charge < -0.3 is 10.0 Å². The second kappa shape index (κ2) is 6.60. The minimum absolute atomic E-state index is 0.0224. The number of carbonyl (C=O) groups excluding carboxylic acids is 1. The van der Waals surface area contributed by atoms with Crippen molar-refractivity contribution in [1.82, 2.24) is 4.90 Å². The predicted molar refractivity (Wildman–Crippen MR) is 80.6 cm³/mol. The van der Waals surface area contributed by atoms with Gasteiger partial charge in [0.1, 0.15) is 5.75 Å². The Balaban J connectivity index is 2.08. The smallest absolute Gasteiger partial charge is 0.246 e. The summed E-state index contributed by atoms with van der Waals surface area (Å²) in [6.07, 6.45) is 7.74. The summed E-state index contributed by atoms with van der Waals surface area (Å²) >= 11 is 0. The monoisotopic (exact) mass is 273 g/mol. The molecular formula is C17H23NO2. The minimum atomic E-state index is 0.0224. The summed E-state index contributed by atoms with van der Waals surface area (Å²) < 4.78 is 0. The number of hydrogen-bond acceptors (Lipinski definition) is 2. The van der Waals surface area contributed by atoms with Gasteiger partial charge in [0.25, 0.3) is 0 Å². The fourth-order valence-electron chi connectivity index (χ4n) is 2.70. The maximum absolute atomic E-state index is 12.2. The van der Waals surface area contributed by atoms with Gasteiger partial charge in [-0.2, -0.15) is 0 Å². The van der Waals surface area contributed by atoms with Crippen LogP contribution in [0.1, 0.15) is 50.3 Å². The van der Waals surface area contributed by atoms with Gasteiger partial charge in [-0.25, -0.2) is 0 Å². The molecule has 0 aliphatic carbocycles. The van der Waals surface area contributed by atoms with E-state index in [0.717, 1.165) is 37.8 Å². The number of aromatic hydroxyl groups is 1. The number of unbranched alkanes of at least 4 members (excludes halogenated alkanes) is 2. The van der Waals surface area contributed by atoms with Crippen molar-refractivity contribution in [2.24, 2.45) is 0 Å². The molecule has 0 saturated carbocycles. The minimum Gasteiger partial charge on any atom is -0.508 e. The summed E-state index contributed by atoms with van der Waals surface area (Å²) in [5.41, 5.74) is 2.29. The van der Waals surface area contributed by atoms with Gasteiger partial charge in [-0.05, 0) is 49.1 Å². The lowest BCUT2D eigenvalue weighted by Crippen LogP contribution is -2.37. The normalized spacial score (nSPS) is 18.3. The molecule has 3 heteroatoms. The van der Waals surface area contributed by atoms with Gasteiger partial charge in [-0.3, -0.25) is 4.79 Å². The zero-order chi connectivity index (χ0) is 14.5. The second-order valence-electron chi connectivity index (χ2n) is 5.39. The first-order valence-corrected chi connectivity index (χ1v) is 7.42. The Morgan fingerprint density at radius 3 is 3.05 bits per heavy atom. The van der Waals surface area contributed by atoms with Crippen LogP contribution in [0.5, 0.6) is 5.75 Å². The number of carbonyl (C=O) groups is 1. The molecule has 0 bridgehead atoms. The van der Waals surface area contributed by atoms with Crippen LogP contribution in [0.2, 0.25) is 0 Å². The van der Waals surface area contributed by atoms with Gasteiger partial charge in [-0.15, -0.1) is 0 Å². The van der Waals surface area contributed by atoms with Gasteiger partial charge in [0.15, 0.2) is 0 Å². The van der Waals surface area contributed by atoms with E-state index in [0.29, 0.717) is 0 Å². The predicted octanol–water partition coefficient (Wildman–Crippen LogP) is 3.58. The first kappa shape index (κ1) is 14.6. The van der Waals surface area contributed by atoms with Crippen molar-refractivity contribution in [2.75, 3.05) is 6.54 Å². The highest BCUT2D eigenvalue weighted by Crippen LogP contribution is 2.31. The number of nitrogens with zero attached hydrogens (tertiary/aromatic N) is 1. The number of rotatable bonds is 4. The zero-order valence-electron chi connectivity index (χ0n) is 12.3. The molecule has 20 heavy (non-hydrogen) atoms. The lowest BCUT2D eigenvalue weighted by atomic mass is 9.93. The van der Waals surface area contributed by atoms with Gasteiger partial charge in [0.05, 0.1) is 6.04 Å². The van der Waals surface area contributed by atoms with Crippen molar-refractivity contribution in [3.8, 4) is 5.75 Å². The van der Waals surface area contributed by atoms with Crippen LogP contribution in [0.25, 0.3) is 0 Å². The molecule has 3 nitrogen and oxygen atoms in total. The van der Waals surface area contributed by atoms with Crippen molar-refractivity contribution in [3.05, 3.63) is 41.5 Å². The van der Waals surface area contributed by atoms with Crippen LogP contribution in [-0.2, 0) is 11.2 Å². The molecule has 1 aliphatic rings. The summed E-state index contributed by atoms with van der Waals surface area (Å²) in [6, 6.07) is 5.47. The van der Waals surface area contributed by atoms with Gasteiger partial charge in [-0.1, -0.05) is 31.9 Å². The van der Waals surface area contributed by atoms with E-state index in [1.54, 1.807) is 18.2 Å². The summed E-state index contributed by atoms with van der Waals surface area (Å²) in [4.78, 5) is 14.1. The molecule has 0 fully saturated rings. The molecular weight excluding hydrogens is 250 g/mol. The first-order chi connectivity index (χ1) is 9.63. The van der Waals surface area contributed by atoms with E-state index in [2.05, 4.69) is 6.92 Å². The average molecular weight is 273 g/mol. The van der Waals surface area contributed by atoms with Crippen molar-refractivity contribution in [1.29, 1.82) is 0 Å². The number of hydrogen-bond donors (Lipinski definition) is 1. The van der Waals surface area contributed by atoms with Crippen molar-refractivity contribution in [3.63, 3.8) is 0 Å². The van der Waals surface area contributed by atoms with Gasteiger partial charge in [0, 0.05) is 6.54 Å². The highest BCUT2D eigenvalue weighted by molar-refractivity contribution is 5.88. The molecule has 1 aliphatic heterocycles. The summed E-state index contributed by atoms with van der Waals surface area (Å²) in [5, 5.41) is 9.61. The third-order valence-electron chi connectivity index (χ3n) is 3.94. The summed E-state index contributed by atoms with van der Waals surface area (Å²) in [7, 11) is 0. The van der Waals surface area contributed by atoms with Crippen molar-refractivity contribution in [2.45, 2.75) is 45.6 Å². The van der Waals surface area contributed by atoms with Crippen molar-refractivity contribution >= 4 is 5.91 Å². The van der Waals surface area contributed by atoms with E-state index in [1.807, 2.05) is 24.0 Å². The lowest BCUT2D eigenvalue weighted by molar-refractivity contribution is -0.128. The topological polar surface area (TPSA) is 40.5 Å². The van der Waals surface area contributed by atoms with Crippen LogP contribution < -0.4 is 0 Å². The summed E-state index contributed by atoms with van der Waals surface area (Å²) in [6.45, 7) is 4.91. The average Bonchev–Trinajstić information content (AvgIpc) is 2.44. The number of benzene rings is 1. The largest absolute Gasteiger partial charge is 0.508 e. The van der Waals surface area contributed by atoms with E-state index in [9.17, 15) is 9.90 Å². The highest BCUT2D eigenvalue weighted by Gasteiger charge is 2.26. The zero-order valence-corrected chi connectivity index (χ0v) is 12.3. The van der Waals surface area contributed by atoms with E-state index < -0.39 is 0 Å². The molecule has 1 atom stereocenters. The standard InChI is InChI=1S/C17H23NO2/c1-3-4-5-6-7-17(20)18-11-10-14-8-9-15(19)12-16(14)13(18)2/h6-9,12-13,19H,3-5,10-11H2,1-2H3. The number of amides is 1. The Kier molecular flexibility index (Phi) is 4.83. The highest BCUT2D eigenvalue weighted by atomic mass is 16.3. The van der Waals surface area contributed by atoms with Crippen LogP contribution in [0.4, 0.5) is 0 Å². The lowest BCUT2D eigenvalue weighted by Gasteiger charge is -2.34. The number of phenolic OH excluding ortho intramolecular Hbond substituents is 1. The maximum Gasteiger partial charge on any atom is 0.246 e. The van der Waals surface area contributed by atoms with Crippen LogP contribution in [0, 0.1) is 0 Å². The Hall–Kier alpha value is -1.77. The number of fused-ring (bicyclic) bond motifs is 1. The molecule has 1 unspecified atom stereocenters. The van der Waals surface area contributed by atoms with Gasteiger partial charge in [0.2, 0.25) is 5.91 Å².